The van der Waals surface area contributed by atoms with E-state index in [2.05, 4.69) is 13.5 Å². The van der Waals surface area contributed by atoms with Gasteiger partial charge in [0.05, 0.1) is 13.0 Å². The second kappa shape index (κ2) is 6.22. The van der Waals surface area contributed by atoms with Crippen LogP contribution in [0.1, 0.15) is 52.9 Å². The lowest BCUT2D eigenvalue weighted by molar-refractivity contribution is -0.182. The Morgan fingerprint density at radius 3 is 2.52 bits per heavy atom. The molecule has 3 aliphatic rings. The van der Waals surface area contributed by atoms with Crippen molar-refractivity contribution in [3.63, 3.8) is 0 Å². The fourth-order valence-electron chi connectivity index (χ4n) is 6.81. The Balaban J connectivity index is 1.95. The average Bonchev–Trinajstić information content (AvgIpc) is 2.58. The molecule has 4 heteroatoms. The number of aliphatic hydroxyl groups is 1. The summed E-state index contributed by atoms with van der Waals surface area (Å²) in [6.45, 7) is 10.3. The van der Waals surface area contributed by atoms with Crippen molar-refractivity contribution in [2.24, 2.45) is 40.4 Å². The molecule has 3 saturated carbocycles. The monoisotopic (exact) mass is 348 g/mol. The van der Waals surface area contributed by atoms with Gasteiger partial charge in [-0.2, -0.15) is 0 Å². The van der Waals surface area contributed by atoms with E-state index in [0.29, 0.717) is 24.2 Å². The van der Waals surface area contributed by atoms with E-state index < -0.39 is 11.5 Å². The number of carbonyl (C=O) groups is 2. The molecule has 7 atom stereocenters. The number of aliphatic hydroxyl groups excluding tert-OH is 1. The van der Waals surface area contributed by atoms with Crippen molar-refractivity contribution in [1.82, 2.24) is 0 Å². The van der Waals surface area contributed by atoms with E-state index in [-0.39, 0.29) is 29.0 Å². The number of rotatable bonds is 2. The number of methoxy groups -OCH3 is 1. The van der Waals surface area contributed by atoms with Gasteiger partial charge in [-0.05, 0) is 54.8 Å². The summed E-state index contributed by atoms with van der Waals surface area (Å²) in [7, 11) is 1.45. The van der Waals surface area contributed by atoms with Gasteiger partial charge in [-0.3, -0.25) is 9.59 Å². The summed E-state index contributed by atoms with van der Waals surface area (Å²) in [5.41, 5.74) is -0.497. The summed E-state index contributed by atoms with van der Waals surface area (Å²) in [5.74, 6) is 0.951. The SMILES string of the molecule is C=CC1C(C(=O)OC)CCC2C1CCC1C(C)(C)C(O)C(=O)CC21C. The first-order valence-corrected chi connectivity index (χ1v) is 9.59. The molecule has 0 aromatic rings. The molecule has 1 N–H and O–H groups in total. The fourth-order valence-corrected chi connectivity index (χ4v) is 6.81. The molecule has 0 aliphatic heterocycles. The minimum Gasteiger partial charge on any atom is -0.469 e. The molecule has 3 rings (SSSR count). The summed E-state index contributed by atoms with van der Waals surface area (Å²) < 4.78 is 5.02. The Morgan fingerprint density at radius 2 is 1.92 bits per heavy atom. The largest absolute Gasteiger partial charge is 0.469 e. The molecule has 7 unspecified atom stereocenters. The standard InChI is InChI=1S/C21H32O4/c1-6-12-13-8-10-17-20(2,3)18(23)16(22)11-21(17,4)15(13)9-7-14(12)19(24)25-5/h6,12-15,17-18,23H,1,7-11H2,2-5H3. The maximum absolute atomic E-state index is 12.6. The van der Waals surface area contributed by atoms with Crippen LogP contribution in [0, 0.1) is 40.4 Å². The van der Waals surface area contributed by atoms with Crippen LogP contribution in [-0.2, 0) is 14.3 Å². The first-order chi connectivity index (χ1) is 11.7. The van der Waals surface area contributed by atoms with Crippen LogP contribution in [0.15, 0.2) is 12.7 Å². The third-order valence-electron chi connectivity index (χ3n) is 7.94. The molecule has 3 aliphatic carbocycles. The topological polar surface area (TPSA) is 63.6 Å². The zero-order valence-corrected chi connectivity index (χ0v) is 16.0. The normalized spacial score (nSPS) is 45.9. The van der Waals surface area contributed by atoms with Crippen molar-refractivity contribution in [3.05, 3.63) is 12.7 Å². The number of ketones is 1. The maximum Gasteiger partial charge on any atom is 0.309 e. The number of esters is 1. The first-order valence-electron chi connectivity index (χ1n) is 9.59. The second-order valence-electron chi connectivity index (χ2n) is 9.29. The molecular formula is C21H32O4. The van der Waals surface area contributed by atoms with Gasteiger partial charge in [-0.25, -0.2) is 0 Å². The van der Waals surface area contributed by atoms with Crippen molar-refractivity contribution in [3.8, 4) is 0 Å². The molecule has 0 saturated heterocycles. The van der Waals surface area contributed by atoms with Crippen molar-refractivity contribution in [2.45, 2.75) is 59.0 Å². The highest BCUT2D eigenvalue weighted by Gasteiger charge is 2.62. The van der Waals surface area contributed by atoms with Gasteiger partial charge in [0.25, 0.3) is 0 Å². The summed E-state index contributed by atoms with van der Waals surface area (Å²) in [4.78, 5) is 24.8. The molecule has 0 amide bonds. The van der Waals surface area contributed by atoms with E-state index in [1.807, 2.05) is 19.9 Å². The highest BCUT2D eigenvalue weighted by molar-refractivity contribution is 5.85. The molecule has 0 radical (unpaired) electrons. The molecule has 0 bridgehead atoms. The number of carbonyl (C=O) groups excluding carboxylic acids is 2. The van der Waals surface area contributed by atoms with E-state index in [4.69, 9.17) is 4.74 Å². The van der Waals surface area contributed by atoms with E-state index >= 15 is 0 Å². The van der Waals surface area contributed by atoms with Crippen molar-refractivity contribution >= 4 is 11.8 Å². The number of ether oxygens (including phenoxy) is 1. The van der Waals surface area contributed by atoms with Gasteiger partial charge in [0, 0.05) is 11.8 Å². The van der Waals surface area contributed by atoms with Crippen molar-refractivity contribution in [2.75, 3.05) is 7.11 Å². The summed E-state index contributed by atoms with van der Waals surface area (Å²) in [6.07, 6.45) is 5.30. The van der Waals surface area contributed by atoms with Gasteiger partial charge < -0.3 is 9.84 Å². The van der Waals surface area contributed by atoms with Crippen LogP contribution in [-0.4, -0.2) is 30.1 Å². The number of hydrogen-bond acceptors (Lipinski definition) is 4. The zero-order chi connectivity index (χ0) is 18.6. The second-order valence-corrected chi connectivity index (χ2v) is 9.29. The van der Waals surface area contributed by atoms with Crippen molar-refractivity contribution < 1.29 is 19.4 Å². The number of fused-ring (bicyclic) bond motifs is 3. The van der Waals surface area contributed by atoms with Gasteiger partial charge in [-0.15, -0.1) is 6.58 Å². The van der Waals surface area contributed by atoms with E-state index in [1.54, 1.807) is 0 Å². The Bertz CT molecular complexity index is 580. The summed E-state index contributed by atoms with van der Waals surface area (Å²) in [5, 5.41) is 10.5. The third kappa shape index (κ3) is 2.59. The lowest BCUT2D eigenvalue weighted by Gasteiger charge is -2.62. The predicted molar refractivity (Wildman–Crippen MR) is 95.6 cm³/mol. The number of Topliss-reactive ketones (excluding diaryl/α,β-unsaturated/α-hetero) is 1. The maximum atomic E-state index is 12.6. The molecule has 140 valence electrons. The van der Waals surface area contributed by atoms with Gasteiger partial charge >= 0.3 is 5.97 Å². The molecule has 0 spiro atoms. The highest BCUT2D eigenvalue weighted by Crippen LogP contribution is 2.64. The van der Waals surface area contributed by atoms with Crippen LogP contribution in [0.3, 0.4) is 0 Å². The number of hydrogen-bond donors (Lipinski definition) is 1. The predicted octanol–water partition coefficient (Wildman–Crippen LogP) is 3.38. The van der Waals surface area contributed by atoms with E-state index in [0.717, 1.165) is 25.7 Å². The lowest BCUT2D eigenvalue weighted by Crippen LogP contribution is -2.61. The molecule has 0 heterocycles. The van der Waals surface area contributed by atoms with Crippen LogP contribution in [0.5, 0.6) is 0 Å². The van der Waals surface area contributed by atoms with E-state index in [1.165, 1.54) is 7.11 Å². The minimum absolute atomic E-state index is 0.0188. The van der Waals surface area contributed by atoms with Gasteiger partial charge in [-0.1, -0.05) is 26.8 Å². The molecule has 4 nitrogen and oxygen atoms in total. The van der Waals surface area contributed by atoms with Crippen LogP contribution in [0.2, 0.25) is 0 Å². The number of allylic oxidation sites excluding steroid dienone is 1. The van der Waals surface area contributed by atoms with Crippen molar-refractivity contribution in [1.29, 1.82) is 0 Å². The van der Waals surface area contributed by atoms with Gasteiger partial charge in [0.15, 0.2) is 5.78 Å². The van der Waals surface area contributed by atoms with Crippen LogP contribution < -0.4 is 0 Å². The smallest absolute Gasteiger partial charge is 0.309 e. The molecule has 0 aromatic carbocycles. The molecule has 3 fully saturated rings. The third-order valence-corrected chi connectivity index (χ3v) is 7.94. The van der Waals surface area contributed by atoms with Crippen LogP contribution >= 0.6 is 0 Å². The lowest BCUT2D eigenvalue weighted by atomic mass is 9.42. The minimum atomic E-state index is -0.858. The van der Waals surface area contributed by atoms with Gasteiger partial charge in [0.1, 0.15) is 6.10 Å². The Morgan fingerprint density at radius 1 is 1.24 bits per heavy atom. The zero-order valence-electron chi connectivity index (χ0n) is 16.0. The Hall–Kier alpha value is -1.16. The highest BCUT2D eigenvalue weighted by atomic mass is 16.5. The summed E-state index contributed by atoms with van der Waals surface area (Å²) in [6, 6.07) is 0. The summed E-state index contributed by atoms with van der Waals surface area (Å²) >= 11 is 0. The van der Waals surface area contributed by atoms with E-state index in [9.17, 15) is 14.7 Å². The average molecular weight is 348 g/mol. The quantitative estimate of drug-likeness (QED) is 0.614. The first kappa shape index (κ1) is 18.6. The molecule has 0 aromatic heterocycles. The Kier molecular flexibility index (Phi) is 4.64. The Labute approximate surface area is 151 Å². The van der Waals surface area contributed by atoms with Crippen LogP contribution in [0.25, 0.3) is 0 Å². The van der Waals surface area contributed by atoms with Crippen LogP contribution in [0.4, 0.5) is 0 Å². The van der Waals surface area contributed by atoms with Gasteiger partial charge in [0.2, 0.25) is 0 Å². The molecule has 25 heavy (non-hydrogen) atoms. The fraction of sp³-hybridized carbons (Fsp3) is 0.810. The molecular weight excluding hydrogens is 316 g/mol.